The SMILES string of the molecule is O=C(OCCc1cccs1)[C@H]1CC(=O)N(CC2CC2)C1. The van der Waals surface area contributed by atoms with Gasteiger partial charge in [-0.3, -0.25) is 9.59 Å². The third-order valence-corrected chi connectivity index (χ3v) is 4.83. The Morgan fingerprint density at radius 2 is 2.30 bits per heavy atom. The van der Waals surface area contributed by atoms with Gasteiger partial charge in [0.25, 0.3) is 0 Å². The van der Waals surface area contributed by atoms with Crippen molar-refractivity contribution in [2.45, 2.75) is 25.7 Å². The van der Waals surface area contributed by atoms with Crippen LogP contribution in [0, 0.1) is 11.8 Å². The molecule has 1 aliphatic carbocycles. The Hall–Kier alpha value is -1.36. The highest BCUT2D eigenvalue weighted by Crippen LogP contribution is 2.32. The van der Waals surface area contributed by atoms with Gasteiger partial charge in [-0.25, -0.2) is 0 Å². The summed E-state index contributed by atoms with van der Waals surface area (Å²) >= 11 is 1.67. The van der Waals surface area contributed by atoms with Crippen LogP contribution in [-0.2, 0) is 20.7 Å². The molecule has 2 fully saturated rings. The van der Waals surface area contributed by atoms with Crippen molar-refractivity contribution in [2.24, 2.45) is 11.8 Å². The fourth-order valence-corrected chi connectivity index (χ4v) is 3.23. The minimum absolute atomic E-state index is 0.108. The average molecular weight is 293 g/mol. The Labute approximate surface area is 122 Å². The molecule has 0 bridgehead atoms. The quantitative estimate of drug-likeness (QED) is 0.755. The number of nitrogens with zero attached hydrogens (tertiary/aromatic N) is 1. The molecule has 1 aliphatic heterocycles. The molecular weight excluding hydrogens is 274 g/mol. The predicted molar refractivity (Wildman–Crippen MR) is 76.4 cm³/mol. The summed E-state index contributed by atoms with van der Waals surface area (Å²) in [5, 5.41) is 2.02. The van der Waals surface area contributed by atoms with E-state index in [1.165, 1.54) is 17.7 Å². The molecule has 3 rings (SSSR count). The molecule has 0 spiro atoms. The highest BCUT2D eigenvalue weighted by molar-refractivity contribution is 7.09. The van der Waals surface area contributed by atoms with Crippen molar-refractivity contribution in [1.29, 1.82) is 0 Å². The summed E-state index contributed by atoms with van der Waals surface area (Å²) in [7, 11) is 0. The van der Waals surface area contributed by atoms with Gasteiger partial charge in [-0.15, -0.1) is 11.3 Å². The van der Waals surface area contributed by atoms with Gasteiger partial charge in [0.05, 0.1) is 12.5 Å². The summed E-state index contributed by atoms with van der Waals surface area (Å²) in [5.41, 5.74) is 0. The van der Waals surface area contributed by atoms with Crippen molar-refractivity contribution in [1.82, 2.24) is 4.90 Å². The lowest BCUT2D eigenvalue weighted by Gasteiger charge is -2.15. The van der Waals surface area contributed by atoms with Gasteiger partial charge in [0.2, 0.25) is 5.91 Å². The van der Waals surface area contributed by atoms with Crippen LogP contribution in [0.25, 0.3) is 0 Å². The van der Waals surface area contributed by atoms with Gasteiger partial charge in [0, 0.05) is 30.8 Å². The van der Waals surface area contributed by atoms with E-state index in [0.717, 1.165) is 13.0 Å². The molecule has 20 heavy (non-hydrogen) atoms. The standard InChI is InChI=1S/C15H19NO3S/c17-14-8-12(10-16(14)9-11-3-4-11)15(18)19-6-5-13-2-1-7-20-13/h1-2,7,11-12H,3-6,8-10H2/t12-/m0/s1. The second-order valence-electron chi connectivity index (χ2n) is 5.64. The van der Waals surface area contributed by atoms with Crippen LogP contribution in [0.3, 0.4) is 0 Å². The number of carbonyl (C=O) groups excluding carboxylic acids is 2. The summed E-state index contributed by atoms with van der Waals surface area (Å²) in [4.78, 5) is 26.9. The van der Waals surface area contributed by atoms with E-state index in [4.69, 9.17) is 4.74 Å². The number of ether oxygens (including phenoxy) is 1. The third kappa shape index (κ3) is 3.39. The number of esters is 1. The zero-order valence-corrected chi connectivity index (χ0v) is 12.2. The van der Waals surface area contributed by atoms with Crippen molar-refractivity contribution < 1.29 is 14.3 Å². The number of rotatable bonds is 6. The lowest BCUT2D eigenvalue weighted by molar-refractivity contribution is -0.148. The highest BCUT2D eigenvalue weighted by Gasteiger charge is 2.37. The second-order valence-corrected chi connectivity index (χ2v) is 6.67. The van der Waals surface area contributed by atoms with Gasteiger partial charge in [0.15, 0.2) is 0 Å². The normalized spacial score (nSPS) is 22.3. The van der Waals surface area contributed by atoms with Crippen LogP contribution in [0.15, 0.2) is 17.5 Å². The summed E-state index contributed by atoms with van der Waals surface area (Å²) in [5.74, 6) is 0.308. The molecule has 0 N–H and O–H groups in total. The maximum absolute atomic E-state index is 12.0. The summed E-state index contributed by atoms with van der Waals surface area (Å²) in [6, 6.07) is 4.03. The van der Waals surface area contributed by atoms with Crippen LogP contribution in [-0.4, -0.2) is 36.5 Å². The first-order valence-corrected chi connectivity index (χ1v) is 8.07. The Morgan fingerprint density at radius 3 is 3.00 bits per heavy atom. The highest BCUT2D eigenvalue weighted by atomic mass is 32.1. The fraction of sp³-hybridized carbons (Fsp3) is 0.600. The molecule has 1 saturated heterocycles. The molecule has 2 aliphatic rings. The van der Waals surface area contributed by atoms with Crippen LogP contribution >= 0.6 is 11.3 Å². The zero-order valence-electron chi connectivity index (χ0n) is 11.4. The van der Waals surface area contributed by atoms with Crippen molar-refractivity contribution in [3.05, 3.63) is 22.4 Å². The molecule has 1 amide bonds. The van der Waals surface area contributed by atoms with Crippen molar-refractivity contribution in [3.8, 4) is 0 Å². The molecule has 1 aromatic heterocycles. The first kappa shape index (κ1) is 13.6. The Bertz CT molecular complexity index is 481. The number of amides is 1. The fourth-order valence-electron chi connectivity index (χ4n) is 2.54. The molecule has 0 radical (unpaired) electrons. The molecule has 2 heterocycles. The molecule has 0 aromatic carbocycles. The zero-order chi connectivity index (χ0) is 13.9. The first-order valence-electron chi connectivity index (χ1n) is 7.19. The monoisotopic (exact) mass is 293 g/mol. The molecular formula is C15H19NO3S. The maximum atomic E-state index is 12.0. The summed E-state index contributed by atoms with van der Waals surface area (Å²) < 4.78 is 5.31. The largest absolute Gasteiger partial charge is 0.465 e. The van der Waals surface area contributed by atoms with E-state index in [2.05, 4.69) is 0 Å². The minimum atomic E-state index is -0.260. The van der Waals surface area contributed by atoms with E-state index in [9.17, 15) is 9.59 Å². The van der Waals surface area contributed by atoms with Gasteiger partial charge < -0.3 is 9.64 Å². The molecule has 108 valence electrons. The van der Waals surface area contributed by atoms with Crippen LogP contribution < -0.4 is 0 Å². The van der Waals surface area contributed by atoms with Crippen LogP contribution in [0.5, 0.6) is 0 Å². The Balaban J connectivity index is 1.42. The summed E-state index contributed by atoms with van der Waals surface area (Å²) in [6.45, 7) is 1.79. The molecule has 0 unspecified atom stereocenters. The van der Waals surface area contributed by atoms with Gasteiger partial charge in [0.1, 0.15) is 0 Å². The van der Waals surface area contributed by atoms with Gasteiger partial charge in [-0.2, -0.15) is 0 Å². The average Bonchev–Trinajstić information content (AvgIpc) is 2.94. The predicted octanol–water partition coefficient (Wildman–Crippen LogP) is 2.09. The van der Waals surface area contributed by atoms with Crippen LogP contribution in [0.1, 0.15) is 24.1 Å². The molecule has 5 heteroatoms. The van der Waals surface area contributed by atoms with Gasteiger partial charge in [-0.1, -0.05) is 6.07 Å². The van der Waals surface area contributed by atoms with Crippen LogP contribution in [0.2, 0.25) is 0 Å². The summed E-state index contributed by atoms with van der Waals surface area (Å²) in [6.07, 6.45) is 3.53. The smallest absolute Gasteiger partial charge is 0.311 e. The van der Waals surface area contributed by atoms with Crippen molar-refractivity contribution in [3.63, 3.8) is 0 Å². The molecule has 1 aromatic rings. The number of hydrogen-bond acceptors (Lipinski definition) is 4. The van der Waals surface area contributed by atoms with E-state index >= 15 is 0 Å². The van der Waals surface area contributed by atoms with Crippen molar-refractivity contribution >= 4 is 23.2 Å². The second kappa shape index (κ2) is 5.95. The van der Waals surface area contributed by atoms with Gasteiger partial charge >= 0.3 is 5.97 Å². The molecule has 4 nitrogen and oxygen atoms in total. The number of hydrogen-bond donors (Lipinski definition) is 0. The van der Waals surface area contributed by atoms with E-state index < -0.39 is 0 Å². The Kier molecular flexibility index (Phi) is 4.05. The maximum Gasteiger partial charge on any atom is 0.311 e. The molecule has 1 saturated carbocycles. The van der Waals surface area contributed by atoms with Crippen molar-refractivity contribution in [2.75, 3.05) is 19.7 Å². The Morgan fingerprint density at radius 1 is 1.45 bits per heavy atom. The number of carbonyl (C=O) groups is 2. The minimum Gasteiger partial charge on any atom is -0.465 e. The van der Waals surface area contributed by atoms with E-state index in [-0.39, 0.29) is 17.8 Å². The first-order chi connectivity index (χ1) is 9.72. The van der Waals surface area contributed by atoms with E-state index in [1.54, 1.807) is 11.3 Å². The lowest BCUT2D eigenvalue weighted by Crippen LogP contribution is -2.28. The third-order valence-electron chi connectivity index (χ3n) is 3.90. The van der Waals surface area contributed by atoms with E-state index in [1.807, 2.05) is 22.4 Å². The lowest BCUT2D eigenvalue weighted by atomic mass is 10.1. The number of likely N-dealkylation sites (tertiary alicyclic amines) is 1. The topological polar surface area (TPSA) is 46.6 Å². The molecule has 1 atom stereocenters. The van der Waals surface area contributed by atoms with Crippen LogP contribution in [0.4, 0.5) is 0 Å². The number of thiophene rings is 1. The van der Waals surface area contributed by atoms with Gasteiger partial charge in [-0.05, 0) is 30.2 Å². The van der Waals surface area contributed by atoms with E-state index in [0.29, 0.717) is 25.5 Å².